The highest BCUT2D eigenvalue weighted by molar-refractivity contribution is 6.15. The highest BCUT2D eigenvalue weighted by atomic mass is 16.6. The lowest BCUT2D eigenvalue weighted by molar-refractivity contribution is 0.0425. The Morgan fingerprint density at radius 2 is 0.949 bits per heavy atom. The minimum Gasteiger partial charge on any atom is -0.457 e. The second-order valence-corrected chi connectivity index (χ2v) is 9.65. The predicted octanol–water partition coefficient (Wildman–Crippen LogP) is 6.22. The lowest BCUT2D eigenvalue weighted by Gasteiger charge is -2.27. The van der Waals surface area contributed by atoms with Crippen molar-refractivity contribution in [1.82, 2.24) is 0 Å². The number of cyclic esters (lactones) is 4. The predicted molar refractivity (Wildman–Crippen MR) is 138 cm³/mol. The van der Waals surface area contributed by atoms with Crippen LogP contribution in [0.4, 0.5) is 0 Å². The molecular formula is C31H20O8. The first-order valence-electron chi connectivity index (χ1n) is 12.1. The van der Waals surface area contributed by atoms with Crippen LogP contribution in [0.15, 0.2) is 84.9 Å². The van der Waals surface area contributed by atoms with Gasteiger partial charge in [-0.3, -0.25) is 0 Å². The molecule has 8 nitrogen and oxygen atoms in total. The first-order valence-corrected chi connectivity index (χ1v) is 12.1. The summed E-state index contributed by atoms with van der Waals surface area (Å²) < 4.78 is 21.2. The van der Waals surface area contributed by atoms with Crippen LogP contribution in [0.1, 0.15) is 66.4 Å². The van der Waals surface area contributed by atoms with Crippen LogP contribution in [-0.4, -0.2) is 23.9 Å². The molecule has 0 aromatic heterocycles. The minimum absolute atomic E-state index is 0.185. The molecule has 0 atom stereocenters. The maximum absolute atomic E-state index is 11.9. The molecule has 2 heterocycles. The third kappa shape index (κ3) is 4.31. The van der Waals surface area contributed by atoms with Crippen molar-refractivity contribution < 1.29 is 38.1 Å². The molecule has 0 unspecified atom stereocenters. The van der Waals surface area contributed by atoms with Gasteiger partial charge in [-0.05, 0) is 71.8 Å². The Balaban J connectivity index is 1.19. The Morgan fingerprint density at radius 3 is 1.51 bits per heavy atom. The van der Waals surface area contributed by atoms with Gasteiger partial charge in [-0.1, -0.05) is 38.1 Å². The maximum Gasteiger partial charge on any atom is 0.347 e. The zero-order valence-electron chi connectivity index (χ0n) is 20.8. The monoisotopic (exact) mass is 520 g/mol. The van der Waals surface area contributed by atoms with Crippen molar-refractivity contribution in [1.29, 1.82) is 0 Å². The molecule has 0 amide bonds. The molecule has 2 aliphatic rings. The molecule has 0 aliphatic carbocycles. The van der Waals surface area contributed by atoms with Crippen LogP contribution in [0.5, 0.6) is 23.0 Å². The van der Waals surface area contributed by atoms with Crippen molar-refractivity contribution in [3.63, 3.8) is 0 Å². The molecule has 4 aromatic rings. The van der Waals surface area contributed by atoms with E-state index in [4.69, 9.17) is 9.47 Å². The van der Waals surface area contributed by atoms with Gasteiger partial charge in [0.05, 0.1) is 22.3 Å². The summed E-state index contributed by atoms with van der Waals surface area (Å²) >= 11 is 0. The molecule has 0 radical (unpaired) electrons. The zero-order valence-corrected chi connectivity index (χ0v) is 20.8. The Labute approximate surface area is 222 Å². The van der Waals surface area contributed by atoms with Crippen molar-refractivity contribution in [3.05, 3.63) is 118 Å². The molecule has 4 aromatic carbocycles. The van der Waals surface area contributed by atoms with Gasteiger partial charge in [0.1, 0.15) is 23.0 Å². The van der Waals surface area contributed by atoms with E-state index < -0.39 is 29.3 Å². The number of hydrogen-bond acceptors (Lipinski definition) is 8. The lowest BCUT2D eigenvalue weighted by atomic mass is 9.78. The molecule has 0 fully saturated rings. The molecule has 192 valence electrons. The van der Waals surface area contributed by atoms with Crippen LogP contribution in [0.3, 0.4) is 0 Å². The van der Waals surface area contributed by atoms with E-state index in [-0.39, 0.29) is 22.3 Å². The SMILES string of the molecule is CC(C)(c1ccc(Oc2ccc3c(c2)C(=O)OC3=O)cc1)c1cccc(Oc2ccc3c(c2)C(=O)OC3=O)c1. The topological polar surface area (TPSA) is 105 Å². The first kappa shape index (κ1) is 24.1. The van der Waals surface area contributed by atoms with Gasteiger partial charge in [0.2, 0.25) is 0 Å². The van der Waals surface area contributed by atoms with Crippen LogP contribution >= 0.6 is 0 Å². The van der Waals surface area contributed by atoms with Gasteiger partial charge in [-0.25, -0.2) is 19.2 Å². The van der Waals surface area contributed by atoms with E-state index in [0.29, 0.717) is 23.0 Å². The van der Waals surface area contributed by atoms with E-state index in [2.05, 4.69) is 23.3 Å². The Morgan fingerprint density at radius 1 is 0.487 bits per heavy atom. The number of hydrogen-bond donors (Lipinski definition) is 0. The van der Waals surface area contributed by atoms with E-state index in [0.717, 1.165) is 11.1 Å². The largest absolute Gasteiger partial charge is 0.457 e. The fraction of sp³-hybridized carbons (Fsp3) is 0.0968. The molecule has 2 aliphatic heterocycles. The van der Waals surface area contributed by atoms with E-state index in [9.17, 15) is 19.2 Å². The fourth-order valence-corrected chi connectivity index (χ4v) is 4.58. The van der Waals surface area contributed by atoms with Crippen LogP contribution < -0.4 is 9.47 Å². The number of fused-ring (bicyclic) bond motifs is 2. The molecule has 0 saturated carbocycles. The highest BCUT2D eigenvalue weighted by Crippen LogP contribution is 2.36. The van der Waals surface area contributed by atoms with Gasteiger partial charge < -0.3 is 18.9 Å². The van der Waals surface area contributed by atoms with Gasteiger partial charge in [-0.15, -0.1) is 0 Å². The zero-order chi connectivity index (χ0) is 27.3. The summed E-state index contributed by atoms with van der Waals surface area (Å²) in [6.45, 7) is 4.17. The summed E-state index contributed by atoms with van der Waals surface area (Å²) in [4.78, 5) is 47.0. The van der Waals surface area contributed by atoms with Crippen molar-refractivity contribution >= 4 is 23.9 Å². The Hall–Kier alpha value is -5.24. The Kier molecular flexibility index (Phi) is 5.54. The number of carbonyl (C=O) groups is 4. The van der Waals surface area contributed by atoms with Crippen molar-refractivity contribution in [2.45, 2.75) is 19.3 Å². The number of benzene rings is 4. The number of esters is 4. The summed E-state index contributed by atoms with van der Waals surface area (Å²) in [5.74, 6) is -0.701. The third-order valence-electron chi connectivity index (χ3n) is 6.84. The minimum atomic E-state index is -0.684. The standard InChI is InChI=1S/C31H20O8/c1-31(2,17-6-8-19(9-7-17)36-21-10-12-23-25(15-21)29(34)38-27(23)32)18-4-3-5-20(14-18)37-22-11-13-24-26(16-22)30(35)39-28(24)33/h3-16H,1-2H3. The van der Waals surface area contributed by atoms with Crippen LogP contribution in [-0.2, 0) is 14.9 Å². The van der Waals surface area contributed by atoms with Crippen LogP contribution in [0.2, 0.25) is 0 Å². The molecule has 8 heteroatoms. The average Bonchev–Trinajstić information content (AvgIpc) is 3.37. The van der Waals surface area contributed by atoms with E-state index >= 15 is 0 Å². The summed E-state index contributed by atoms with van der Waals surface area (Å²) in [6.07, 6.45) is 0. The number of rotatable bonds is 6. The third-order valence-corrected chi connectivity index (χ3v) is 6.84. The van der Waals surface area contributed by atoms with Crippen molar-refractivity contribution in [2.75, 3.05) is 0 Å². The van der Waals surface area contributed by atoms with Gasteiger partial charge >= 0.3 is 23.9 Å². The van der Waals surface area contributed by atoms with Gasteiger partial charge in [0, 0.05) is 5.41 Å². The fourth-order valence-electron chi connectivity index (χ4n) is 4.58. The van der Waals surface area contributed by atoms with Crippen molar-refractivity contribution in [3.8, 4) is 23.0 Å². The van der Waals surface area contributed by atoms with Crippen LogP contribution in [0.25, 0.3) is 0 Å². The molecule has 0 spiro atoms. The molecule has 0 bridgehead atoms. The average molecular weight is 520 g/mol. The quantitative estimate of drug-likeness (QED) is 0.218. The second-order valence-electron chi connectivity index (χ2n) is 9.65. The highest BCUT2D eigenvalue weighted by Gasteiger charge is 2.31. The molecule has 0 saturated heterocycles. The smallest absolute Gasteiger partial charge is 0.347 e. The number of carbonyl (C=O) groups excluding carboxylic acids is 4. The maximum atomic E-state index is 11.9. The Bertz CT molecular complexity index is 1700. The van der Waals surface area contributed by atoms with Gasteiger partial charge in [0.15, 0.2) is 0 Å². The van der Waals surface area contributed by atoms with Gasteiger partial charge in [0.25, 0.3) is 0 Å². The second kappa shape index (κ2) is 8.95. The van der Waals surface area contributed by atoms with E-state index in [1.807, 2.05) is 48.5 Å². The summed E-state index contributed by atoms with van der Waals surface area (Å²) in [5, 5.41) is 0. The molecular weight excluding hydrogens is 500 g/mol. The summed E-state index contributed by atoms with van der Waals surface area (Å²) in [5.41, 5.74) is 2.44. The first-order chi connectivity index (χ1) is 18.7. The number of ether oxygens (including phenoxy) is 4. The molecule has 39 heavy (non-hydrogen) atoms. The molecule has 0 N–H and O–H groups in total. The summed E-state index contributed by atoms with van der Waals surface area (Å²) in [7, 11) is 0. The lowest BCUT2D eigenvalue weighted by Crippen LogP contribution is -2.18. The van der Waals surface area contributed by atoms with Gasteiger partial charge in [-0.2, -0.15) is 0 Å². The van der Waals surface area contributed by atoms with E-state index in [1.54, 1.807) is 12.1 Å². The molecule has 6 rings (SSSR count). The van der Waals surface area contributed by atoms with Crippen molar-refractivity contribution in [2.24, 2.45) is 0 Å². The normalized spacial score (nSPS) is 14.0. The summed E-state index contributed by atoms with van der Waals surface area (Å²) in [6, 6.07) is 24.5. The van der Waals surface area contributed by atoms with Crippen LogP contribution in [0, 0.1) is 0 Å². The van der Waals surface area contributed by atoms with E-state index in [1.165, 1.54) is 24.3 Å².